The van der Waals surface area contributed by atoms with Crippen molar-refractivity contribution in [1.82, 2.24) is 15.0 Å². The van der Waals surface area contributed by atoms with Crippen molar-refractivity contribution in [2.75, 3.05) is 33.3 Å². The standard InChI is InChI=1S/C52H63N3O8Si/c1-10-25-55(26-11-2)44-38-29-35-28-37-42(40(60-31-33-20-15-13-16-21-33)30-36(46(37)59-7)39-24-19-27-54(39)12-3)45(56)41(35)48(57)52(38,63-64(8,9)51(4,5)6)49(58)43-47(44)62-53-50(43)61-32-34-22-17-14-18-23-34/h10-11,13-18,20-23,30,35,38-39,44,56H,1-2,12,19,24-29,31-32H2,3-9H3/t35-,38-,39?,44-,52?/m0/s1. The van der Waals surface area contributed by atoms with Gasteiger partial charge in [-0.25, -0.2) is 0 Å². The predicted octanol–water partition coefficient (Wildman–Crippen LogP) is 10.4. The van der Waals surface area contributed by atoms with Crippen LogP contribution in [0.2, 0.25) is 18.1 Å². The minimum Gasteiger partial charge on any atom is -0.507 e. The number of hydrogen-bond donors (Lipinski definition) is 1. The number of aromatic nitrogens is 1. The first-order valence-electron chi connectivity index (χ1n) is 22.7. The van der Waals surface area contributed by atoms with Crippen LogP contribution >= 0.6 is 0 Å². The second kappa shape index (κ2) is 18.0. The number of aliphatic hydroxyl groups excluding tert-OH is 1. The van der Waals surface area contributed by atoms with Crippen molar-refractivity contribution in [3.63, 3.8) is 0 Å². The summed E-state index contributed by atoms with van der Waals surface area (Å²) in [5, 5.41) is 17.0. The normalized spacial score (nSPS) is 23.3. The molecule has 4 aromatic rings. The van der Waals surface area contributed by atoms with Crippen molar-refractivity contribution in [1.29, 1.82) is 0 Å². The van der Waals surface area contributed by atoms with E-state index in [1.807, 2.05) is 66.7 Å². The van der Waals surface area contributed by atoms with Crippen molar-refractivity contribution in [2.45, 2.75) is 102 Å². The average Bonchev–Trinajstić information content (AvgIpc) is 3.93. The van der Waals surface area contributed by atoms with Crippen molar-refractivity contribution in [2.24, 2.45) is 11.8 Å². The van der Waals surface area contributed by atoms with Gasteiger partial charge in [0.2, 0.25) is 11.6 Å². The number of ketones is 2. The molecule has 1 N–H and O–H groups in total. The molecule has 1 saturated carbocycles. The number of nitrogens with zero attached hydrogens (tertiary/aromatic N) is 3. The molecule has 3 aromatic carbocycles. The summed E-state index contributed by atoms with van der Waals surface area (Å²) in [6.45, 7) is 23.7. The smallest absolute Gasteiger partial charge is 0.265 e. The maximum Gasteiger partial charge on any atom is 0.265 e. The molecule has 0 spiro atoms. The van der Waals surface area contributed by atoms with Crippen LogP contribution in [0.25, 0.3) is 5.76 Å². The number of Topliss-reactive ketones (excluding diaryl/α,β-unsaturated/α-hetero) is 2. The highest BCUT2D eigenvalue weighted by molar-refractivity contribution is 6.74. The lowest BCUT2D eigenvalue weighted by Gasteiger charge is -2.55. The van der Waals surface area contributed by atoms with Gasteiger partial charge in [-0.3, -0.25) is 19.4 Å². The first kappa shape index (κ1) is 45.3. The third kappa shape index (κ3) is 7.75. The molecule has 0 bridgehead atoms. The Kier molecular flexibility index (Phi) is 12.7. The quantitative estimate of drug-likeness (QED) is 0.0657. The second-order valence-electron chi connectivity index (χ2n) is 19.2. The summed E-state index contributed by atoms with van der Waals surface area (Å²) in [5.41, 5.74) is 2.19. The Morgan fingerprint density at radius 3 is 2.20 bits per heavy atom. The molecule has 338 valence electrons. The third-order valence-electron chi connectivity index (χ3n) is 14.4. The predicted molar refractivity (Wildman–Crippen MR) is 250 cm³/mol. The number of ether oxygens (including phenoxy) is 3. The summed E-state index contributed by atoms with van der Waals surface area (Å²) in [5.74, 6) is -1.16. The van der Waals surface area contributed by atoms with E-state index in [2.05, 4.69) is 68.9 Å². The number of rotatable bonds is 16. The molecule has 2 heterocycles. The van der Waals surface area contributed by atoms with Gasteiger partial charge in [-0.2, -0.15) is 0 Å². The van der Waals surface area contributed by atoms with E-state index >= 15 is 9.59 Å². The zero-order valence-electron chi connectivity index (χ0n) is 38.4. The van der Waals surface area contributed by atoms with E-state index in [0.717, 1.165) is 48.2 Å². The Balaban J connectivity index is 1.36. The molecule has 12 heteroatoms. The second-order valence-corrected chi connectivity index (χ2v) is 23.9. The van der Waals surface area contributed by atoms with Gasteiger partial charge in [-0.1, -0.05) is 101 Å². The Hall–Kier alpha value is -5.27. The Morgan fingerprint density at radius 1 is 0.969 bits per heavy atom. The van der Waals surface area contributed by atoms with E-state index in [1.165, 1.54) is 0 Å². The molecule has 2 fully saturated rings. The maximum atomic E-state index is 16.3. The highest BCUT2D eigenvalue weighted by Crippen LogP contribution is 2.60. The molecule has 5 atom stereocenters. The number of benzene rings is 3. The van der Waals surface area contributed by atoms with Crippen LogP contribution in [0.3, 0.4) is 0 Å². The van der Waals surface area contributed by atoms with Gasteiger partial charge in [0.05, 0.1) is 18.7 Å². The summed E-state index contributed by atoms with van der Waals surface area (Å²) >= 11 is 0. The molecule has 1 aromatic heterocycles. The lowest BCUT2D eigenvalue weighted by Crippen LogP contribution is -2.68. The van der Waals surface area contributed by atoms with E-state index in [0.29, 0.717) is 48.8 Å². The van der Waals surface area contributed by atoms with Crippen LogP contribution in [0.4, 0.5) is 0 Å². The summed E-state index contributed by atoms with van der Waals surface area (Å²) in [7, 11) is -1.31. The van der Waals surface area contributed by atoms with Gasteiger partial charge in [0.1, 0.15) is 36.0 Å². The molecule has 1 saturated heterocycles. The van der Waals surface area contributed by atoms with Gasteiger partial charge < -0.3 is 28.3 Å². The average molecular weight is 886 g/mol. The van der Waals surface area contributed by atoms with Gasteiger partial charge >= 0.3 is 0 Å². The maximum absolute atomic E-state index is 16.3. The number of carbonyl (C=O) groups is 2. The molecule has 1 aliphatic heterocycles. The van der Waals surface area contributed by atoms with Crippen LogP contribution in [0.15, 0.2) is 102 Å². The first-order chi connectivity index (χ1) is 30.7. The first-order valence-corrected chi connectivity index (χ1v) is 25.6. The molecule has 8 rings (SSSR count). The van der Waals surface area contributed by atoms with Gasteiger partial charge in [-0.15, -0.1) is 13.2 Å². The Morgan fingerprint density at radius 2 is 1.61 bits per heavy atom. The number of hydrogen-bond acceptors (Lipinski definition) is 11. The molecule has 2 unspecified atom stereocenters. The lowest BCUT2D eigenvalue weighted by molar-refractivity contribution is -0.141. The van der Waals surface area contributed by atoms with Crippen LogP contribution < -0.4 is 14.2 Å². The lowest BCUT2D eigenvalue weighted by atomic mass is 9.57. The highest BCUT2D eigenvalue weighted by atomic mass is 28.4. The van der Waals surface area contributed by atoms with Crippen molar-refractivity contribution in [3.8, 4) is 17.4 Å². The highest BCUT2D eigenvalue weighted by Gasteiger charge is 2.69. The van der Waals surface area contributed by atoms with Crippen LogP contribution in [-0.4, -0.2) is 78.8 Å². The van der Waals surface area contributed by atoms with Gasteiger partial charge in [0.25, 0.3) is 5.88 Å². The summed E-state index contributed by atoms with van der Waals surface area (Å²) in [6.07, 6.45) is 6.26. The number of likely N-dealkylation sites (tertiary alicyclic amines) is 1. The van der Waals surface area contributed by atoms with Gasteiger partial charge in [0.15, 0.2) is 19.7 Å². The fourth-order valence-corrected chi connectivity index (χ4v) is 11.8. The molecular weight excluding hydrogens is 823 g/mol. The molecule has 3 aliphatic carbocycles. The van der Waals surface area contributed by atoms with E-state index in [1.54, 1.807) is 19.3 Å². The molecule has 11 nitrogen and oxygen atoms in total. The van der Waals surface area contributed by atoms with Crippen molar-refractivity contribution < 1.29 is 37.9 Å². The van der Waals surface area contributed by atoms with Crippen LogP contribution in [0, 0.1) is 11.8 Å². The van der Waals surface area contributed by atoms with E-state index in [-0.39, 0.29) is 42.0 Å². The van der Waals surface area contributed by atoms with E-state index < -0.39 is 48.4 Å². The topological polar surface area (TPSA) is 124 Å². The molecule has 4 aliphatic rings. The van der Waals surface area contributed by atoms with Gasteiger partial charge in [-0.05, 0) is 85.2 Å². The number of aliphatic hydroxyl groups is 1. The van der Waals surface area contributed by atoms with Crippen molar-refractivity contribution in [3.05, 3.63) is 137 Å². The zero-order valence-corrected chi connectivity index (χ0v) is 39.4. The monoisotopic (exact) mass is 885 g/mol. The number of carbonyl (C=O) groups excluding carboxylic acids is 2. The third-order valence-corrected chi connectivity index (χ3v) is 18.8. The number of fused-ring (bicyclic) bond motifs is 4. The SMILES string of the molecule is C=CCN(CC=C)[C@@H]1c2onc(OCc3ccccc3)c2C(=O)C2(O[Si](C)(C)C(C)(C)C)C(=O)C3=C(O)c4c(OCc5ccccc5)cc(C5CCCN5CC)c(OC)c4C[C@H]3C[C@@H]12. The Labute approximate surface area is 378 Å². The minimum absolute atomic E-state index is 0.00770. The summed E-state index contributed by atoms with van der Waals surface area (Å²) in [4.78, 5) is 36.8. The van der Waals surface area contributed by atoms with Crippen LogP contribution in [-0.2, 0) is 28.9 Å². The zero-order chi connectivity index (χ0) is 45.6. The Bertz CT molecular complexity index is 2430. The van der Waals surface area contributed by atoms with E-state index in [9.17, 15) is 5.11 Å². The molecular formula is C52H63N3O8Si. The molecule has 0 radical (unpaired) electrons. The largest absolute Gasteiger partial charge is 0.507 e. The molecule has 0 amide bonds. The fourth-order valence-electron chi connectivity index (χ4n) is 10.4. The summed E-state index contributed by atoms with van der Waals surface area (Å²) in [6, 6.07) is 20.9. The van der Waals surface area contributed by atoms with Crippen LogP contribution in [0.5, 0.6) is 17.4 Å². The fraction of sp³-hybridized carbons (Fsp3) is 0.442. The van der Waals surface area contributed by atoms with Crippen molar-refractivity contribution >= 4 is 25.6 Å². The minimum atomic E-state index is -2.99. The van der Waals surface area contributed by atoms with Gasteiger partial charge in [0, 0.05) is 41.7 Å². The number of methoxy groups -OCH3 is 1. The summed E-state index contributed by atoms with van der Waals surface area (Å²) < 4.78 is 33.0. The van der Waals surface area contributed by atoms with Crippen LogP contribution in [0.1, 0.15) is 103 Å². The van der Waals surface area contributed by atoms with E-state index in [4.69, 9.17) is 23.2 Å². The molecule has 64 heavy (non-hydrogen) atoms.